The van der Waals surface area contributed by atoms with Gasteiger partial charge in [-0.25, -0.2) is 0 Å². The van der Waals surface area contributed by atoms with Crippen LogP contribution in [0.2, 0.25) is 0 Å². The minimum Gasteiger partial charge on any atom is -0.368 e. The molecule has 0 heterocycles. The van der Waals surface area contributed by atoms with E-state index in [2.05, 4.69) is 31.0 Å². The zero-order valence-corrected chi connectivity index (χ0v) is 14.0. The smallest absolute Gasteiger partial charge is 0.237 e. The van der Waals surface area contributed by atoms with Gasteiger partial charge in [0, 0.05) is 18.1 Å². The van der Waals surface area contributed by atoms with E-state index in [0.717, 1.165) is 31.8 Å². The molecular weight excluding hydrogens is 262 g/mol. The van der Waals surface area contributed by atoms with Gasteiger partial charge in [-0.15, -0.1) is 0 Å². The predicted octanol–water partition coefficient (Wildman–Crippen LogP) is 2.42. The van der Waals surface area contributed by atoms with Crippen molar-refractivity contribution in [2.75, 3.05) is 6.54 Å². The maximum absolute atomic E-state index is 12.0. The molecule has 21 heavy (non-hydrogen) atoms. The average molecular weight is 295 g/mol. The van der Waals surface area contributed by atoms with E-state index in [1.807, 2.05) is 0 Å². The van der Waals surface area contributed by atoms with Crippen molar-refractivity contribution in [3.05, 3.63) is 0 Å². The molecule has 1 amide bonds. The Balaban J connectivity index is 2.05. The molecule has 2 aliphatic carbocycles. The third-order valence-electron chi connectivity index (χ3n) is 5.40. The van der Waals surface area contributed by atoms with Gasteiger partial charge in [0.2, 0.25) is 5.91 Å². The van der Waals surface area contributed by atoms with E-state index in [0.29, 0.717) is 12.1 Å². The van der Waals surface area contributed by atoms with Gasteiger partial charge in [0.15, 0.2) is 0 Å². The van der Waals surface area contributed by atoms with Gasteiger partial charge >= 0.3 is 0 Å². The SMILES string of the molecule is CCN(C1CCCCC1)C1CCC(NC(C)C)(C(N)=O)C1. The summed E-state index contributed by atoms with van der Waals surface area (Å²) in [6.45, 7) is 7.54. The van der Waals surface area contributed by atoms with Crippen LogP contribution in [0.5, 0.6) is 0 Å². The number of hydrogen-bond acceptors (Lipinski definition) is 3. The van der Waals surface area contributed by atoms with Crippen LogP contribution in [0.1, 0.15) is 72.1 Å². The third kappa shape index (κ3) is 3.78. The minimum atomic E-state index is -0.485. The Labute approximate surface area is 129 Å². The maximum Gasteiger partial charge on any atom is 0.237 e. The highest BCUT2D eigenvalue weighted by Gasteiger charge is 2.46. The first-order valence-corrected chi connectivity index (χ1v) is 8.82. The number of nitrogens with zero attached hydrogens (tertiary/aromatic N) is 1. The van der Waals surface area contributed by atoms with Crippen LogP contribution in [0.15, 0.2) is 0 Å². The molecule has 3 N–H and O–H groups in total. The lowest BCUT2D eigenvalue weighted by molar-refractivity contribution is -0.124. The summed E-state index contributed by atoms with van der Waals surface area (Å²) in [7, 11) is 0. The lowest BCUT2D eigenvalue weighted by Gasteiger charge is -2.39. The highest BCUT2D eigenvalue weighted by atomic mass is 16.1. The highest BCUT2D eigenvalue weighted by molar-refractivity contribution is 5.85. The number of rotatable bonds is 6. The van der Waals surface area contributed by atoms with Gasteiger partial charge in [0.1, 0.15) is 0 Å². The highest BCUT2D eigenvalue weighted by Crippen LogP contribution is 2.36. The molecule has 2 atom stereocenters. The van der Waals surface area contributed by atoms with Crippen LogP contribution in [0.25, 0.3) is 0 Å². The average Bonchev–Trinajstić information content (AvgIpc) is 2.85. The van der Waals surface area contributed by atoms with Gasteiger partial charge in [-0.05, 0) is 52.5 Å². The van der Waals surface area contributed by atoms with E-state index in [1.54, 1.807) is 0 Å². The second-order valence-electron chi connectivity index (χ2n) is 7.26. The predicted molar refractivity (Wildman–Crippen MR) is 87.1 cm³/mol. The van der Waals surface area contributed by atoms with Crippen LogP contribution in [0.3, 0.4) is 0 Å². The number of primary amides is 1. The van der Waals surface area contributed by atoms with E-state index < -0.39 is 5.54 Å². The fourth-order valence-corrected chi connectivity index (χ4v) is 4.51. The molecule has 2 aliphatic rings. The Kier molecular flexibility index (Phi) is 5.67. The summed E-state index contributed by atoms with van der Waals surface area (Å²) in [5, 5.41) is 3.47. The first-order valence-electron chi connectivity index (χ1n) is 8.82. The first-order chi connectivity index (χ1) is 9.98. The molecule has 0 aromatic carbocycles. The van der Waals surface area contributed by atoms with Gasteiger partial charge in [-0.2, -0.15) is 0 Å². The summed E-state index contributed by atoms with van der Waals surface area (Å²) in [6, 6.07) is 1.52. The molecule has 0 saturated heterocycles. The quantitative estimate of drug-likeness (QED) is 0.791. The summed E-state index contributed by atoms with van der Waals surface area (Å²) in [6.07, 6.45) is 9.61. The van der Waals surface area contributed by atoms with Crippen molar-refractivity contribution in [1.29, 1.82) is 0 Å². The van der Waals surface area contributed by atoms with Crippen molar-refractivity contribution in [2.24, 2.45) is 5.73 Å². The van der Waals surface area contributed by atoms with E-state index in [-0.39, 0.29) is 5.91 Å². The van der Waals surface area contributed by atoms with Gasteiger partial charge < -0.3 is 11.1 Å². The zero-order valence-electron chi connectivity index (χ0n) is 14.0. The first kappa shape index (κ1) is 16.8. The lowest BCUT2D eigenvalue weighted by Crippen LogP contribution is -2.57. The molecule has 0 aromatic rings. The van der Waals surface area contributed by atoms with Crippen molar-refractivity contribution >= 4 is 5.91 Å². The Bertz CT molecular complexity index is 352. The molecule has 0 bridgehead atoms. The number of carbonyl (C=O) groups excluding carboxylic acids is 1. The Morgan fingerprint density at radius 2 is 1.90 bits per heavy atom. The van der Waals surface area contributed by atoms with Crippen LogP contribution in [-0.2, 0) is 4.79 Å². The molecule has 2 unspecified atom stereocenters. The van der Waals surface area contributed by atoms with Crippen LogP contribution in [0, 0.1) is 0 Å². The molecule has 2 rings (SSSR count). The summed E-state index contributed by atoms with van der Waals surface area (Å²) in [5.41, 5.74) is 5.26. The molecular formula is C17H33N3O. The summed E-state index contributed by atoms with van der Waals surface area (Å²) < 4.78 is 0. The fraction of sp³-hybridized carbons (Fsp3) is 0.941. The zero-order chi connectivity index (χ0) is 15.5. The molecule has 2 saturated carbocycles. The topological polar surface area (TPSA) is 58.4 Å². The molecule has 0 aliphatic heterocycles. The Hall–Kier alpha value is -0.610. The van der Waals surface area contributed by atoms with Crippen molar-refractivity contribution in [1.82, 2.24) is 10.2 Å². The Morgan fingerprint density at radius 1 is 1.24 bits per heavy atom. The molecule has 4 heteroatoms. The molecule has 4 nitrogen and oxygen atoms in total. The lowest BCUT2D eigenvalue weighted by atomic mass is 9.91. The van der Waals surface area contributed by atoms with Crippen LogP contribution >= 0.6 is 0 Å². The number of nitrogens with two attached hydrogens (primary N) is 1. The molecule has 0 aromatic heterocycles. The summed E-state index contributed by atoms with van der Waals surface area (Å²) in [4.78, 5) is 14.7. The summed E-state index contributed by atoms with van der Waals surface area (Å²) in [5.74, 6) is -0.168. The number of carbonyl (C=O) groups is 1. The van der Waals surface area contributed by atoms with Crippen molar-refractivity contribution < 1.29 is 4.79 Å². The number of nitrogens with one attached hydrogen (secondary N) is 1. The molecule has 2 fully saturated rings. The number of hydrogen-bond donors (Lipinski definition) is 2. The maximum atomic E-state index is 12.0. The van der Waals surface area contributed by atoms with E-state index in [9.17, 15) is 4.79 Å². The van der Waals surface area contributed by atoms with E-state index in [1.165, 1.54) is 32.1 Å². The monoisotopic (exact) mass is 295 g/mol. The third-order valence-corrected chi connectivity index (χ3v) is 5.40. The Morgan fingerprint density at radius 3 is 2.43 bits per heavy atom. The van der Waals surface area contributed by atoms with Crippen molar-refractivity contribution in [2.45, 2.75) is 95.8 Å². The largest absolute Gasteiger partial charge is 0.368 e. The summed E-state index contributed by atoms with van der Waals surface area (Å²) >= 11 is 0. The normalized spacial score (nSPS) is 31.2. The molecule has 122 valence electrons. The second kappa shape index (κ2) is 7.10. The van der Waals surface area contributed by atoms with E-state index >= 15 is 0 Å². The number of amides is 1. The minimum absolute atomic E-state index is 0.168. The fourth-order valence-electron chi connectivity index (χ4n) is 4.51. The van der Waals surface area contributed by atoms with Crippen molar-refractivity contribution in [3.8, 4) is 0 Å². The second-order valence-corrected chi connectivity index (χ2v) is 7.26. The van der Waals surface area contributed by atoms with E-state index in [4.69, 9.17) is 5.73 Å². The van der Waals surface area contributed by atoms with Gasteiger partial charge in [0.05, 0.1) is 5.54 Å². The standard InChI is InChI=1S/C17H33N3O/c1-4-20(14-8-6-5-7-9-14)15-10-11-17(12-15,16(18)21)19-13(2)3/h13-15,19H,4-12H2,1-3H3,(H2,18,21). The molecule has 0 spiro atoms. The molecule has 0 radical (unpaired) electrons. The van der Waals surface area contributed by atoms with Crippen LogP contribution in [0.4, 0.5) is 0 Å². The van der Waals surface area contributed by atoms with Crippen LogP contribution in [-0.4, -0.2) is 41.0 Å². The van der Waals surface area contributed by atoms with Crippen molar-refractivity contribution in [3.63, 3.8) is 0 Å². The van der Waals surface area contributed by atoms with Gasteiger partial charge in [0.25, 0.3) is 0 Å². The van der Waals surface area contributed by atoms with Crippen LogP contribution < -0.4 is 11.1 Å². The van der Waals surface area contributed by atoms with Gasteiger partial charge in [-0.1, -0.05) is 26.2 Å². The van der Waals surface area contributed by atoms with Gasteiger partial charge in [-0.3, -0.25) is 9.69 Å².